The molecule has 104 valence electrons. The van der Waals surface area contributed by atoms with E-state index in [2.05, 4.69) is 25.5 Å². The summed E-state index contributed by atoms with van der Waals surface area (Å²) in [7, 11) is 0. The van der Waals surface area contributed by atoms with Gasteiger partial charge in [0.25, 0.3) is 5.91 Å². The van der Waals surface area contributed by atoms with Crippen molar-refractivity contribution in [2.75, 3.05) is 5.32 Å². The van der Waals surface area contributed by atoms with Crippen molar-refractivity contribution in [2.24, 2.45) is 0 Å². The highest BCUT2D eigenvalue weighted by Crippen LogP contribution is 2.37. The highest BCUT2D eigenvalue weighted by Gasteiger charge is 2.28. The number of hydrogen-bond acceptors (Lipinski definition) is 4. The topological polar surface area (TPSA) is 83.6 Å². The number of carbonyl (C=O) groups is 1. The first-order chi connectivity index (χ1) is 10.3. The van der Waals surface area contributed by atoms with Crippen LogP contribution < -0.4 is 5.32 Å². The van der Waals surface area contributed by atoms with Gasteiger partial charge in [0.2, 0.25) is 5.82 Å². The molecular formula is C15H13N5O. The van der Waals surface area contributed by atoms with Gasteiger partial charge < -0.3 is 5.32 Å². The van der Waals surface area contributed by atoms with Crippen LogP contribution in [0, 0.1) is 0 Å². The van der Waals surface area contributed by atoms with Crippen LogP contribution in [0.3, 0.4) is 0 Å². The van der Waals surface area contributed by atoms with E-state index in [4.69, 9.17) is 0 Å². The van der Waals surface area contributed by atoms with E-state index in [1.54, 1.807) is 6.20 Å². The largest absolute Gasteiger partial charge is 0.318 e. The number of carbonyl (C=O) groups excluding carboxylic acids is 1. The average Bonchev–Trinajstić information content (AvgIpc) is 3.24. The number of pyridine rings is 1. The number of aromatic amines is 1. The van der Waals surface area contributed by atoms with Gasteiger partial charge in [0.05, 0.1) is 17.4 Å². The summed E-state index contributed by atoms with van der Waals surface area (Å²) in [6.45, 7) is 0. The Balaban J connectivity index is 1.56. The predicted octanol–water partition coefficient (Wildman–Crippen LogP) is 2.48. The van der Waals surface area contributed by atoms with Gasteiger partial charge in [-0.15, -0.1) is 5.10 Å². The highest BCUT2D eigenvalue weighted by atomic mass is 16.2. The standard InChI is InChI=1S/C15H13N5O/c21-15(14-18-13(19-20-14)9-5-6-9)17-11-7-10-3-1-2-4-12(10)16-8-11/h1-4,7-9H,5-6H2,(H,17,21)(H,18,19,20). The van der Waals surface area contributed by atoms with Crippen LogP contribution in [0.1, 0.15) is 35.2 Å². The van der Waals surface area contributed by atoms with Crippen LogP contribution in [0.4, 0.5) is 5.69 Å². The van der Waals surface area contributed by atoms with E-state index < -0.39 is 0 Å². The number of para-hydroxylation sites is 1. The lowest BCUT2D eigenvalue weighted by molar-refractivity contribution is 0.101. The van der Waals surface area contributed by atoms with Crippen LogP contribution in [0.2, 0.25) is 0 Å². The number of hydrogen-bond donors (Lipinski definition) is 2. The minimum Gasteiger partial charge on any atom is -0.318 e. The van der Waals surface area contributed by atoms with Crippen molar-refractivity contribution in [3.8, 4) is 0 Å². The van der Waals surface area contributed by atoms with Gasteiger partial charge in [0.1, 0.15) is 5.82 Å². The molecule has 4 rings (SSSR count). The van der Waals surface area contributed by atoms with E-state index in [9.17, 15) is 4.79 Å². The summed E-state index contributed by atoms with van der Waals surface area (Å²) in [5.41, 5.74) is 1.53. The Kier molecular flexibility index (Phi) is 2.67. The first-order valence-electron chi connectivity index (χ1n) is 6.88. The van der Waals surface area contributed by atoms with Gasteiger partial charge in [-0.3, -0.25) is 14.9 Å². The summed E-state index contributed by atoms with van der Waals surface area (Å²) < 4.78 is 0. The lowest BCUT2D eigenvalue weighted by Crippen LogP contribution is -2.14. The normalized spacial score (nSPS) is 14.3. The van der Waals surface area contributed by atoms with Crippen molar-refractivity contribution in [1.82, 2.24) is 20.2 Å². The van der Waals surface area contributed by atoms with Crippen LogP contribution >= 0.6 is 0 Å². The second kappa shape index (κ2) is 4.66. The second-order valence-electron chi connectivity index (χ2n) is 5.19. The minimum absolute atomic E-state index is 0.171. The average molecular weight is 279 g/mol. The fraction of sp³-hybridized carbons (Fsp3) is 0.200. The van der Waals surface area contributed by atoms with E-state index in [0.717, 1.165) is 29.6 Å². The number of aromatic nitrogens is 4. The molecule has 0 saturated heterocycles. The van der Waals surface area contributed by atoms with Crippen LogP contribution in [0.15, 0.2) is 36.5 Å². The third-order valence-electron chi connectivity index (χ3n) is 3.52. The first kappa shape index (κ1) is 12.0. The summed E-state index contributed by atoms with van der Waals surface area (Å²) in [5, 5.41) is 10.5. The zero-order valence-electron chi connectivity index (χ0n) is 11.2. The lowest BCUT2D eigenvalue weighted by atomic mass is 10.2. The number of nitrogens with one attached hydrogen (secondary N) is 2. The molecule has 1 amide bonds. The first-order valence-corrected chi connectivity index (χ1v) is 6.88. The number of nitrogens with zero attached hydrogens (tertiary/aromatic N) is 3. The Bertz CT molecular complexity index is 822. The summed E-state index contributed by atoms with van der Waals surface area (Å²) in [5.74, 6) is 1.10. The molecule has 0 atom stereocenters. The molecule has 0 unspecified atom stereocenters. The number of amides is 1. The smallest absolute Gasteiger partial charge is 0.295 e. The molecule has 1 fully saturated rings. The van der Waals surface area contributed by atoms with Crippen LogP contribution in [-0.4, -0.2) is 26.1 Å². The van der Waals surface area contributed by atoms with E-state index in [1.807, 2.05) is 30.3 Å². The molecule has 1 aromatic carbocycles. The minimum atomic E-state index is -0.324. The molecule has 2 N–H and O–H groups in total. The van der Waals surface area contributed by atoms with Gasteiger partial charge >= 0.3 is 0 Å². The zero-order valence-corrected chi connectivity index (χ0v) is 11.2. The number of benzene rings is 1. The van der Waals surface area contributed by atoms with Crippen molar-refractivity contribution in [3.05, 3.63) is 48.2 Å². The summed E-state index contributed by atoms with van der Waals surface area (Å²) in [6.07, 6.45) is 3.87. The Labute approximate surface area is 120 Å². The van der Waals surface area contributed by atoms with Crippen molar-refractivity contribution < 1.29 is 4.79 Å². The summed E-state index contributed by atoms with van der Waals surface area (Å²) in [6, 6.07) is 9.64. The molecule has 1 aliphatic carbocycles. The molecule has 0 bridgehead atoms. The Morgan fingerprint density at radius 2 is 2.14 bits per heavy atom. The Morgan fingerprint density at radius 1 is 1.29 bits per heavy atom. The molecule has 1 aliphatic rings. The van der Waals surface area contributed by atoms with Gasteiger partial charge in [-0.2, -0.15) is 0 Å². The molecule has 0 spiro atoms. The molecule has 2 heterocycles. The van der Waals surface area contributed by atoms with Crippen molar-refractivity contribution in [1.29, 1.82) is 0 Å². The molecule has 6 heteroatoms. The molecule has 2 aromatic heterocycles. The number of rotatable bonds is 3. The maximum Gasteiger partial charge on any atom is 0.295 e. The summed E-state index contributed by atoms with van der Waals surface area (Å²) in [4.78, 5) is 20.7. The fourth-order valence-corrected chi connectivity index (χ4v) is 2.24. The second-order valence-corrected chi connectivity index (χ2v) is 5.19. The molecule has 6 nitrogen and oxygen atoms in total. The Hall–Kier alpha value is -2.76. The van der Waals surface area contributed by atoms with E-state index in [0.29, 0.717) is 11.6 Å². The van der Waals surface area contributed by atoms with Gasteiger partial charge in [-0.1, -0.05) is 18.2 Å². The zero-order chi connectivity index (χ0) is 14.2. The fourth-order valence-electron chi connectivity index (χ4n) is 2.24. The van der Waals surface area contributed by atoms with Gasteiger partial charge in [0.15, 0.2) is 0 Å². The Morgan fingerprint density at radius 3 is 3.00 bits per heavy atom. The predicted molar refractivity (Wildman–Crippen MR) is 78.1 cm³/mol. The van der Waals surface area contributed by atoms with Crippen LogP contribution in [-0.2, 0) is 0 Å². The van der Waals surface area contributed by atoms with Crippen molar-refractivity contribution in [2.45, 2.75) is 18.8 Å². The molecular weight excluding hydrogens is 266 g/mol. The van der Waals surface area contributed by atoms with Crippen molar-refractivity contribution in [3.63, 3.8) is 0 Å². The number of H-pyrrole nitrogens is 1. The third kappa shape index (κ3) is 2.35. The number of anilines is 1. The molecule has 21 heavy (non-hydrogen) atoms. The quantitative estimate of drug-likeness (QED) is 0.771. The van der Waals surface area contributed by atoms with E-state index in [-0.39, 0.29) is 11.7 Å². The van der Waals surface area contributed by atoms with Gasteiger partial charge in [-0.05, 0) is 25.0 Å². The molecule has 3 aromatic rings. The van der Waals surface area contributed by atoms with Gasteiger partial charge in [0, 0.05) is 11.3 Å². The van der Waals surface area contributed by atoms with Crippen LogP contribution in [0.25, 0.3) is 10.9 Å². The van der Waals surface area contributed by atoms with Crippen LogP contribution in [0.5, 0.6) is 0 Å². The SMILES string of the molecule is O=C(Nc1cnc2ccccc2c1)c1n[nH]c(C2CC2)n1. The monoisotopic (exact) mass is 279 g/mol. The highest BCUT2D eigenvalue weighted by molar-refractivity contribution is 6.02. The maximum atomic E-state index is 12.1. The summed E-state index contributed by atoms with van der Waals surface area (Å²) >= 11 is 0. The van der Waals surface area contributed by atoms with E-state index >= 15 is 0 Å². The van der Waals surface area contributed by atoms with E-state index in [1.165, 1.54) is 0 Å². The molecule has 1 saturated carbocycles. The molecule has 0 radical (unpaired) electrons. The maximum absolute atomic E-state index is 12.1. The van der Waals surface area contributed by atoms with Gasteiger partial charge in [-0.25, -0.2) is 4.98 Å². The lowest BCUT2D eigenvalue weighted by Gasteiger charge is -2.03. The third-order valence-corrected chi connectivity index (χ3v) is 3.52. The number of fused-ring (bicyclic) bond motifs is 1. The van der Waals surface area contributed by atoms with Crippen molar-refractivity contribution >= 4 is 22.5 Å². The molecule has 0 aliphatic heterocycles.